The van der Waals surface area contributed by atoms with Gasteiger partial charge in [-0.2, -0.15) is 0 Å². The summed E-state index contributed by atoms with van der Waals surface area (Å²) >= 11 is 9.61. The number of piperidine rings is 1. The molecule has 0 saturated carbocycles. The van der Waals surface area contributed by atoms with Crippen molar-refractivity contribution >= 4 is 27.5 Å². The summed E-state index contributed by atoms with van der Waals surface area (Å²) in [6.45, 7) is 5.23. The summed E-state index contributed by atoms with van der Waals surface area (Å²) in [5.41, 5.74) is 7.19. The molecular formula is C14H20BrClN2. The maximum atomic E-state index is 6.18. The molecular weight excluding hydrogens is 312 g/mol. The molecule has 1 aromatic rings. The van der Waals surface area contributed by atoms with Gasteiger partial charge in [0.05, 0.1) is 5.02 Å². The summed E-state index contributed by atoms with van der Waals surface area (Å²) in [6, 6.07) is 6.45. The quantitative estimate of drug-likeness (QED) is 0.912. The highest BCUT2D eigenvalue weighted by atomic mass is 79.9. The Kier molecular flexibility index (Phi) is 5.07. The van der Waals surface area contributed by atoms with Crippen molar-refractivity contribution in [1.82, 2.24) is 4.90 Å². The zero-order valence-corrected chi connectivity index (χ0v) is 13.0. The van der Waals surface area contributed by atoms with E-state index < -0.39 is 0 Å². The van der Waals surface area contributed by atoms with Gasteiger partial charge in [0.25, 0.3) is 0 Å². The zero-order valence-electron chi connectivity index (χ0n) is 10.7. The third kappa shape index (κ3) is 3.27. The first kappa shape index (κ1) is 14.3. The third-order valence-corrected chi connectivity index (χ3v) is 4.91. The molecule has 1 fully saturated rings. The Morgan fingerprint density at radius 2 is 2.33 bits per heavy atom. The van der Waals surface area contributed by atoms with Crippen LogP contribution in [0.2, 0.25) is 5.02 Å². The van der Waals surface area contributed by atoms with Gasteiger partial charge in [-0.05, 0) is 58.9 Å². The van der Waals surface area contributed by atoms with E-state index in [2.05, 4.69) is 33.8 Å². The van der Waals surface area contributed by atoms with Crippen molar-refractivity contribution < 1.29 is 0 Å². The van der Waals surface area contributed by atoms with Crippen LogP contribution in [0.4, 0.5) is 0 Å². The van der Waals surface area contributed by atoms with Gasteiger partial charge in [-0.15, -0.1) is 0 Å². The molecule has 18 heavy (non-hydrogen) atoms. The number of nitrogens with two attached hydrogens (primary N) is 1. The Hall–Kier alpha value is -0.0900. The minimum absolute atomic E-state index is 0.290. The maximum Gasteiger partial charge on any atom is 0.0551 e. The normalized spacial score (nSPS) is 23.0. The highest BCUT2D eigenvalue weighted by Crippen LogP contribution is 2.30. The monoisotopic (exact) mass is 330 g/mol. The van der Waals surface area contributed by atoms with E-state index in [0.29, 0.717) is 12.6 Å². The van der Waals surface area contributed by atoms with Gasteiger partial charge in [0, 0.05) is 23.6 Å². The number of hydrogen-bond donors (Lipinski definition) is 1. The molecule has 0 aromatic heterocycles. The summed E-state index contributed by atoms with van der Waals surface area (Å²) in [5.74, 6) is 0.763. The SMILES string of the molecule is CC1CCCN(C(CN)c2ccc(Br)c(Cl)c2)C1. The lowest BCUT2D eigenvalue weighted by molar-refractivity contribution is 0.133. The van der Waals surface area contributed by atoms with E-state index in [1.54, 1.807) is 0 Å². The number of hydrogen-bond acceptors (Lipinski definition) is 2. The molecule has 100 valence electrons. The lowest BCUT2D eigenvalue weighted by Crippen LogP contribution is -2.40. The summed E-state index contributed by atoms with van der Waals surface area (Å²) in [5, 5.41) is 0.760. The lowest BCUT2D eigenvalue weighted by atomic mass is 9.96. The molecule has 4 heteroatoms. The van der Waals surface area contributed by atoms with Crippen LogP contribution in [0.3, 0.4) is 0 Å². The fraction of sp³-hybridized carbons (Fsp3) is 0.571. The van der Waals surface area contributed by atoms with Crippen molar-refractivity contribution in [3.63, 3.8) is 0 Å². The molecule has 0 aliphatic carbocycles. The Balaban J connectivity index is 2.18. The molecule has 1 aliphatic heterocycles. The molecule has 2 N–H and O–H groups in total. The van der Waals surface area contributed by atoms with Crippen LogP contribution in [-0.4, -0.2) is 24.5 Å². The topological polar surface area (TPSA) is 29.3 Å². The van der Waals surface area contributed by atoms with Crippen molar-refractivity contribution in [2.24, 2.45) is 11.7 Å². The first-order valence-electron chi connectivity index (χ1n) is 6.51. The van der Waals surface area contributed by atoms with Crippen LogP contribution in [0.5, 0.6) is 0 Å². The van der Waals surface area contributed by atoms with Gasteiger partial charge in [-0.1, -0.05) is 24.6 Å². The Labute approximate surface area is 123 Å². The van der Waals surface area contributed by atoms with Crippen molar-refractivity contribution in [3.05, 3.63) is 33.3 Å². The molecule has 0 amide bonds. The van der Waals surface area contributed by atoms with Crippen molar-refractivity contribution in [2.75, 3.05) is 19.6 Å². The zero-order chi connectivity index (χ0) is 13.1. The van der Waals surface area contributed by atoms with Gasteiger partial charge in [-0.3, -0.25) is 4.90 Å². The predicted octanol–water partition coefficient (Wildman–Crippen LogP) is 3.83. The van der Waals surface area contributed by atoms with Crippen molar-refractivity contribution in [2.45, 2.75) is 25.8 Å². The van der Waals surface area contributed by atoms with Crippen LogP contribution < -0.4 is 5.73 Å². The Morgan fingerprint density at radius 3 is 2.94 bits per heavy atom. The highest BCUT2D eigenvalue weighted by Gasteiger charge is 2.24. The molecule has 2 atom stereocenters. The van der Waals surface area contributed by atoms with E-state index >= 15 is 0 Å². The molecule has 1 aliphatic rings. The Bertz CT molecular complexity index is 411. The minimum atomic E-state index is 0.290. The molecule has 1 aromatic carbocycles. The second-order valence-corrected chi connectivity index (χ2v) is 6.43. The number of likely N-dealkylation sites (tertiary alicyclic amines) is 1. The summed E-state index contributed by atoms with van der Waals surface area (Å²) in [4.78, 5) is 2.49. The molecule has 1 heterocycles. The molecule has 2 unspecified atom stereocenters. The number of rotatable bonds is 3. The van der Waals surface area contributed by atoms with Gasteiger partial charge in [0.15, 0.2) is 0 Å². The molecule has 0 spiro atoms. The summed E-state index contributed by atoms with van der Waals surface area (Å²) < 4.78 is 0.940. The molecule has 1 saturated heterocycles. The maximum absolute atomic E-state index is 6.18. The number of benzene rings is 1. The van der Waals surface area contributed by atoms with Crippen molar-refractivity contribution in [3.8, 4) is 0 Å². The average Bonchev–Trinajstić information content (AvgIpc) is 2.35. The minimum Gasteiger partial charge on any atom is -0.329 e. The molecule has 0 bridgehead atoms. The second-order valence-electron chi connectivity index (χ2n) is 5.17. The Morgan fingerprint density at radius 1 is 1.56 bits per heavy atom. The van der Waals surface area contributed by atoms with Gasteiger partial charge in [0.2, 0.25) is 0 Å². The average molecular weight is 332 g/mol. The molecule has 2 nitrogen and oxygen atoms in total. The lowest BCUT2D eigenvalue weighted by Gasteiger charge is -2.37. The fourth-order valence-corrected chi connectivity index (χ4v) is 3.16. The van der Waals surface area contributed by atoms with Gasteiger partial charge in [-0.25, -0.2) is 0 Å². The van der Waals surface area contributed by atoms with E-state index in [0.717, 1.165) is 28.5 Å². The summed E-state index contributed by atoms with van der Waals surface area (Å²) in [6.07, 6.45) is 2.59. The van der Waals surface area contributed by atoms with Crippen LogP contribution in [0, 0.1) is 5.92 Å². The highest BCUT2D eigenvalue weighted by molar-refractivity contribution is 9.10. The van der Waals surface area contributed by atoms with E-state index in [1.165, 1.54) is 18.4 Å². The number of halogens is 2. The van der Waals surface area contributed by atoms with Crippen LogP contribution in [-0.2, 0) is 0 Å². The second kappa shape index (κ2) is 6.38. The fourth-order valence-electron chi connectivity index (χ4n) is 2.72. The van der Waals surface area contributed by atoms with Crippen LogP contribution in [0.1, 0.15) is 31.4 Å². The van der Waals surface area contributed by atoms with Gasteiger partial charge >= 0.3 is 0 Å². The van der Waals surface area contributed by atoms with Crippen LogP contribution in [0.15, 0.2) is 22.7 Å². The van der Waals surface area contributed by atoms with E-state index in [9.17, 15) is 0 Å². The smallest absolute Gasteiger partial charge is 0.0551 e. The summed E-state index contributed by atoms with van der Waals surface area (Å²) in [7, 11) is 0. The van der Waals surface area contributed by atoms with E-state index in [1.807, 2.05) is 12.1 Å². The molecule has 0 radical (unpaired) electrons. The standard InChI is InChI=1S/C14H20BrClN2/c1-10-3-2-6-18(9-10)14(8-17)11-4-5-12(15)13(16)7-11/h4-5,7,10,14H,2-3,6,8-9,17H2,1H3. The first-order valence-corrected chi connectivity index (χ1v) is 7.68. The van der Waals surface area contributed by atoms with E-state index in [4.69, 9.17) is 17.3 Å². The number of nitrogens with zero attached hydrogens (tertiary/aromatic N) is 1. The van der Waals surface area contributed by atoms with Gasteiger partial charge in [0.1, 0.15) is 0 Å². The predicted molar refractivity (Wildman–Crippen MR) is 80.9 cm³/mol. The van der Waals surface area contributed by atoms with Crippen LogP contribution >= 0.6 is 27.5 Å². The largest absolute Gasteiger partial charge is 0.329 e. The van der Waals surface area contributed by atoms with Crippen LogP contribution in [0.25, 0.3) is 0 Å². The van der Waals surface area contributed by atoms with Crippen molar-refractivity contribution in [1.29, 1.82) is 0 Å². The molecule has 2 rings (SSSR count). The third-order valence-electron chi connectivity index (χ3n) is 3.68. The van der Waals surface area contributed by atoms with E-state index in [-0.39, 0.29) is 0 Å². The first-order chi connectivity index (χ1) is 8.61. The van der Waals surface area contributed by atoms with Gasteiger partial charge < -0.3 is 5.73 Å².